The van der Waals surface area contributed by atoms with Crippen molar-refractivity contribution in [3.63, 3.8) is 0 Å². The van der Waals surface area contributed by atoms with Gasteiger partial charge in [0.1, 0.15) is 11.4 Å². The first-order chi connectivity index (χ1) is 8.99. The lowest BCUT2D eigenvalue weighted by molar-refractivity contribution is 0.104. The minimum absolute atomic E-state index is 0.107. The number of rotatable bonds is 3. The van der Waals surface area contributed by atoms with E-state index in [1.54, 1.807) is 31.3 Å². The molecule has 0 unspecified atom stereocenters. The van der Waals surface area contributed by atoms with Crippen LogP contribution in [0.3, 0.4) is 0 Å². The van der Waals surface area contributed by atoms with E-state index in [9.17, 15) is 9.59 Å². The molecule has 0 saturated carbocycles. The van der Waals surface area contributed by atoms with Crippen molar-refractivity contribution in [2.45, 2.75) is 20.8 Å². The second-order valence-corrected chi connectivity index (χ2v) is 5.22. The van der Waals surface area contributed by atoms with Crippen molar-refractivity contribution in [2.24, 2.45) is 0 Å². The lowest BCUT2D eigenvalue weighted by Crippen LogP contribution is -2.21. The molecule has 0 atom stereocenters. The van der Waals surface area contributed by atoms with Gasteiger partial charge in [-0.2, -0.15) is 0 Å². The number of ketones is 1. The second kappa shape index (κ2) is 5.32. The molecule has 0 spiro atoms. The molecule has 0 radical (unpaired) electrons. The van der Waals surface area contributed by atoms with Crippen LogP contribution in [0.2, 0.25) is 0 Å². The molecular weight excluding hydrogens is 260 g/mol. The van der Waals surface area contributed by atoms with Crippen LogP contribution < -0.4 is 5.56 Å². The zero-order chi connectivity index (χ0) is 14.0. The summed E-state index contributed by atoms with van der Waals surface area (Å²) < 4.78 is 0. The highest BCUT2D eigenvalue weighted by molar-refractivity contribution is 7.11. The van der Waals surface area contributed by atoms with Gasteiger partial charge in [0.15, 0.2) is 5.78 Å². The van der Waals surface area contributed by atoms with Gasteiger partial charge in [0.25, 0.3) is 5.56 Å². The molecule has 2 aromatic rings. The largest absolute Gasteiger partial charge is 0.310 e. The number of carbonyl (C=O) groups excluding carboxylic acids is 1. The van der Waals surface area contributed by atoms with Crippen LogP contribution in [0.15, 0.2) is 22.3 Å². The van der Waals surface area contributed by atoms with Crippen molar-refractivity contribution in [3.05, 3.63) is 55.4 Å². The Bertz CT molecular complexity index is 710. The van der Waals surface area contributed by atoms with Crippen molar-refractivity contribution in [2.75, 3.05) is 0 Å². The van der Waals surface area contributed by atoms with E-state index in [2.05, 4.69) is 9.97 Å². The number of nitrogens with zero attached hydrogens (tertiary/aromatic N) is 1. The van der Waals surface area contributed by atoms with Gasteiger partial charge in [-0.25, -0.2) is 4.98 Å². The first-order valence-corrected chi connectivity index (χ1v) is 6.71. The molecule has 4 nitrogen and oxygen atoms in total. The van der Waals surface area contributed by atoms with Gasteiger partial charge >= 0.3 is 0 Å². The van der Waals surface area contributed by atoms with Gasteiger partial charge in [0.2, 0.25) is 0 Å². The Morgan fingerprint density at radius 3 is 2.68 bits per heavy atom. The standard InChI is InChI=1S/C14H14N2O2S/c1-8-6-7-19-12(8)5-4-11(17)13-9(2)15-10(3)16-14(13)18/h4-7H,1-3H3,(H,15,16,18)/b5-4+. The Morgan fingerprint density at radius 1 is 1.37 bits per heavy atom. The van der Waals surface area contributed by atoms with E-state index in [1.807, 2.05) is 18.4 Å². The monoisotopic (exact) mass is 274 g/mol. The summed E-state index contributed by atoms with van der Waals surface area (Å²) in [6.07, 6.45) is 3.16. The van der Waals surface area contributed by atoms with Crippen LogP contribution in [0.1, 0.15) is 32.3 Å². The molecule has 0 aliphatic rings. The smallest absolute Gasteiger partial charge is 0.262 e. The van der Waals surface area contributed by atoms with Gasteiger partial charge in [-0.15, -0.1) is 11.3 Å². The van der Waals surface area contributed by atoms with E-state index in [1.165, 1.54) is 6.08 Å². The number of carbonyl (C=O) groups is 1. The van der Waals surface area contributed by atoms with Gasteiger partial charge in [-0.3, -0.25) is 9.59 Å². The summed E-state index contributed by atoms with van der Waals surface area (Å²) in [5.74, 6) is 0.191. The molecule has 98 valence electrons. The molecule has 0 fully saturated rings. The first kappa shape index (κ1) is 13.4. The molecule has 1 N–H and O–H groups in total. The summed E-state index contributed by atoms with van der Waals surface area (Å²) >= 11 is 1.56. The number of aromatic amines is 1. The topological polar surface area (TPSA) is 62.8 Å². The zero-order valence-electron chi connectivity index (χ0n) is 11.0. The normalized spacial score (nSPS) is 11.1. The van der Waals surface area contributed by atoms with Crippen LogP contribution >= 0.6 is 11.3 Å². The highest BCUT2D eigenvalue weighted by atomic mass is 32.1. The summed E-state index contributed by atoms with van der Waals surface area (Å²) in [5.41, 5.74) is 1.29. The third-order valence-corrected chi connectivity index (χ3v) is 3.74. The van der Waals surface area contributed by atoms with Crippen molar-refractivity contribution in [1.82, 2.24) is 9.97 Å². The highest BCUT2D eigenvalue weighted by Gasteiger charge is 2.13. The van der Waals surface area contributed by atoms with Crippen LogP contribution in [0.4, 0.5) is 0 Å². The van der Waals surface area contributed by atoms with E-state index >= 15 is 0 Å². The third kappa shape index (κ3) is 2.88. The van der Waals surface area contributed by atoms with Crippen molar-refractivity contribution in [3.8, 4) is 0 Å². The van der Waals surface area contributed by atoms with Crippen LogP contribution in [0, 0.1) is 20.8 Å². The lowest BCUT2D eigenvalue weighted by atomic mass is 10.1. The van der Waals surface area contributed by atoms with Crippen molar-refractivity contribution >= 4 is 23.2 Å². The van der Waals surface area contributed by atoms with E-state index in [4.69, 9.17) is 0 Å². The molecule has 5 heteroatoms. The fourth-order valence-electron chi connectivity index (χ4n) is 1.81. The Labute approximate surface area is 114 Å². The van der Waals surface area contributed by atoms with Crippen molar-refractivity contribution in [1.29, 1.82) is 0 Å². The average molecular weight is 274 g/mol. The fourth-order valence-corrected chi connectivity index (χ4v) is 2.63. The third-order valence-electron chi connectivity index (χ3n) is 2.75. The number of aromatic nitrogens is 2. The Balaban J connectivity index is 2.34. The molecule has 19 heavy (non-hydrogen) atoms. The number of thiophene rings is 1. The number of hydrogen-bond acceptors (Lipinski definition) is 4. The summed E-state index contributed by atoms with van der Waals surface area (Å²) in [4.78, 5) is 31.5. The zero-order valence-corrected chi connectivity index (χ0v) is 11.8. The Kier molecular flexibility index (Phi) is 3.76. The number of nitrogens with one attached hydrogen (secondary N) is 1. The van der Waals surface area contributed by atoms with Gasteiger partial charge in [0, 0.05) is 4.88 Å². The predicted octanol–water partition coefficient (Wildman–Crippen LogP) is 2.65. The first-order valence-electron chi connectivity index (χ1n) is 5.83. The fraction of sp³-hybridized carbons (Fsp3) is 0.214. The van der Waals surface area contributed by atoms with E-state index in [0.717, 1.165) is 10.4 Å². The lowest BCUT2D eigenvalue weighted by Gasteiger charge is -2.01. The Hall–Kier alpha value is -2.01. The molecule has 2 aromatic heterocycles. The van der Waals surface area contributed by atoms with Crippen LogP contribution in [-0.2, 0) is 0 Å². The highest BCUT2D eigenvalue weighted by Crippen LogP contribution is 2.17. The van der Waals surface area contributed by atoms with Gasteiger partial charge in [-0.1, -0.05) is 0 Å². The minimum atomic E-state index is -0.387. The average Bonchev–Trinajstić information content (AvgIpc) is 2.70. The maximum absolute atomic E-state index is 12.1. The SMILES string of the molecule is Cc1nc(C)c(C(=O)/C=C/c2sccc2C)c(=O)[nH]1. The Morgan fingerprint density at radius 2 is 2.11 bits per heavy atom. The molecule has 0 saturated heterocycles. The van der Waals surface area contributed by atoms with Crippen LogP contribution in [0.25, 0.3) is 6.08 Å². The van der Waals surface area contributed by atoms with Crippen LogP contribution in [0.5, 0.6) is 0 Å². The summed E-state index contributed by atoms with van der Waals surface area (Å²) in [7, 11) is 0. The van der Waals surface area contributed by atoms with E-state index < -0.39 is 0 Å². The van der Waals surface area contributed by atoms with Gasteiger partial charge < -0.3 is 4.98 Å². The van der Waals surface area contributed by atoms with Gasteiger partial charge in [-0.05, 0) is 49.9 Å². The molecular formula is C14H14N2O2S. The molecule has 0 bridgehead atoms. The molecule has 2 rings (SSSR count). The van der Waals surface area contributed by atoms with Crippen LogP contribution in [-0.4, -0.2) is 15.8 Å². The van der Waals surface area contributed by atoms with E-state index in [0.29, 0.717) is 11.5 Å². The maximum atomic E-state index is 12.1. The predicted molar refractivity (Wildman–Crippen MR) is 76.8 cm³/mol. The quantitative estimate of drug-likeness (QED) is 0.691. The van der Waals surface area contributed by atoms with Crippen molar-refractivity contribution < 1.29 is 4.79 Å². The summed E-state index contributed by atoms with van der Waals surface area (Å²) in [5, 5.41) is 1.96. The number of hydrogen-bond donors (Lipinski definition) is 1. The number of allylic oxidation sites excluding steroid dienone is 1. The summed E-state index contributed by atoms with van der Waals surface area (Å²) in [6, 6.07) is 1.99. The minimum Gasteiger partial charge on any atom is -0.310 e. The van der Waals surface area contributed by atoms with Gasteiger partial charge in [0.05, 0.1) is 5.69 Å². The molecule has 0 amide bonds. The number of H-pyrrole nitrogens is 1. The molecule has 2 heterocycles. The molecule has 0 aliphatic heterocycles. The maximum Gasteiger partial charge on any atom is 0.262 e. The van der Waals surface area contributed by atoms with E-state index in [-0.39, 0.29) is 16.9 Å². The summed E-state index contributed by atoms with van der Waals surface area (Å²) in [6.45, 7) is 5.33. The molecule has 0 aliphatic carbocycles. The molecule has 0 aromatic carbocycles. The number of aryl methyl sites for hydroxylation is 3. The second-order valence-electron chi connectivity index (χ2n) is 4.28.